The van der Waals surface area contributed by atoms with Crippen molar-refractivity contribution in [3.63, 3.8) is 0 Å². The van der Waals surface area contributed by atoms with Crippen molar-refractivity contribution >= 4 is 0 Å². The van der Waals surface area contributed by atoms with Gasteiger partial charge in [0, 0.05) is 31.1 Å². The standard InChI is InChI=1S/C9H20N8O3/c18-11-10-15-5-1-13(2-6-15)9-14-3-7-16(8-4-14)17(20)12-19/h19H,1-9H2,(H,10,18)/p-2/b17-12-. The van der Waals surface area contributed by atoms with Crippen LogP contribution < -0.4 is 0 Å². The van der Waals surface area contributed by atoms with Crippen LogP contribution in [0.25, 0.3) is 0 Å². The Morgan fingerprint density at radius 3 is 1.90 bits per heavy atom. The molecule has 0 aliphatic carbocycles. The molecule has 2 aliphatic heterocycles. The second-order valence-corrected chi connectivity index (χ2v) is 4.79. The molecule has 2 fully saturated rings. The average Bonchev–Trinajstić information content (AvgIpc) is 2.49. The van der Waals surface area contributed by atoms with E-state index in [1.807, 2.05) is 0 Å². The first-order valence-corrected chi connectivity index (χ1v) is 6.51. The van der Waals surface area contributed by atoms with E-state index in [9.17, 15) is 15.6 Å². The highest BCUT2D eigenvalue weighted by Crippen LogP contribution is 2.07. The van der Waals surface area contributed by atoms with Crippen molar-refractivity contribution in [3.8, 4) is 0 Å². The lowest BCUT2D eigenvalue weighted by atomic mass is 10.3. The van der Waals surface area contributed by atoms with Crippen LogP contribution in [0.3, 0.4) is 0 Å². The van der Waals surface area contributed by atoms with Gasteiger partial charge in [-0.3, -0.25) is 14.8 Å². The molecular formula is C9H18N8O3-2. The van der Waals surface area contributed by atoms with Crippen LogP contribution in [0.1, 0.15) is 0 Å². The molecule has 2 saturated heterocycles. The number of hydrazine groups is 1. The first-order valence-electron chi connectivity index (χ1n) is 6.51. The van der Waals surface area contributed by atoms with Gasteiger partial charge in [-0.1, -0.05) is 5.22 Å². The quantitative estimate of drug-likeness (QED) is 0.385. The van der Waals surface area contributed by atoms with Gasteiger partial charge in [0.15, 0.2) is 0 Å². The van der Waals surface area contributed by atoms with Crippen LogP contribution in [0.4, 0.5) is 0 Å². The molecule has 0 spiro atoms. The Morgan fingerprint density at radius 1 is 0.850 bits per heavy atom. The molecular weight excluding hydrogens is 268 g/mol. The third-order valence-corrected chi connectivity index (χ3v) is 3.57. The second-order valence-electron chi connectivity index (χ2n) is 4.79. The van der Waals surface area contributed by atoms with E-state index in [1.54, 1.807) is 5.01 Å². The Kier molecular flexibility index (Phi) is 5.12. The zero-order chi connectivity index (χ0) is 14.4. The number of piperazine rings is 2. The first kappa shape index (κ1) is 14.5. The summed E-state index contributed by atoms with van der Waals surface area (Å²) in [4.78, 5) is 4.60. The Balaban J connectivity index is 1.69. The lowest BCUT2D eigenvalue weighted by molar-refractivity contribution is -0.692. The van der Waals surface area contributed by atoms with Gasteiger partial charge in [-0.25, -0.2) is 0 Å². The van der Waals surface area contributed by atoms with E-state index in [2.05, 4.69) is 25.6 Å². The van der Waals surface area contributed by atoms with Crippen molar-refractivity contribution in [2.24, 2.45) is 15.8 Å². The Morgan fingerprint density at radius 2 is 1.40 bits per heavy atom. The molecule has 0 amide bonds. The molecule has 0 saturated carbocycles. The van der Waals surface area contributed by atoms with Gasteiger partial charge >= 0.3 is 0 Å². The molecule has 0 bridgehead atoms. The van der Waals surface area contributed by atoms with Crippen molar-refractivity contribution in [2.45, 2.75) is 0 Å². The van der Waals surface area contributed by atoms with Gasteiger partial charge in [0.2, 0.25) is 0 Å². The summed E-state index contributed by atoms with van der Waals surface area (Å²) in [6, 6.07) is 0. The molecule has 2 aliphatic rings. The van der Waals surface area contributed by atoms with Gasteiger partial charge in [-0.15, -0.1) is 5.01 Å². The summed E-state index contributed by atoms with van der Waals surface area (Å²) < 4.78 is 0. The number of hydrogen-bond donors (Lipinski definition) is 0. The highest BCUT2D eigenvalue weighted by atomic mass is 16.6. The minimum absolute atomic E-state index is 0.115. The minimum Gasteiger partial charge on any atom is -0.774 e. The molecule has 11 heteroatoms. The largest absolute Gasteiger partial charge is 0.774 e. The Hall–Kier alpha value is -1.88. The normalized spacial score (nSPS) is 23.7. The van der Waals surface area contributed by atoms with Crippen molar-refractivity contribution in [1.29, 1.82) is 0 Å². The van der Waals surface area contributed by atoms with Crippen molar-refractivity contribution in [3.05, 3.63) is 15.6 Å². The van der Waals surface area contributed by atoms with Crippen LogP contribution in [0, 0.1) is 15.6 Å². The predicted molar refractivity (Wildman–Crippen MR) is 68.8 cm³/mol. The van der Waals surface area contributed by atoms with Crippen LogP contribution >= 0.6 is 0 Å². The molecule has 11 nitrogen and oxygen atoms in total. The van der Waals surface area contributed by atoms with Crippen LogP contribution in [-0.4, -0.2) is 83.8 Å². The maximum Gasteiger partial charge on any atom is 0.0895 e. The van der Waals surface area contributed by atoms with Gasteiger partial charge in [0.25, 0.3) is 0 Å². The fraction of sp³-hybridized carbons (Fsp3) is 1.00. The van der Waals surface area contributed by atoms with Crippen LogP contribution in [0.5, 0.6) is 0 Å². The first-order chi connectivity index (χ1) is 9.72. The lowest BCUT2D eigenvalue weighted by Crippen LogP contribution is -2.54. The zero-order valence-corrected chi connectivity index (χ0v) is 11.2. The third kappa shape index (κ3) is 3.81. The van der Waals surface area contributed by atoms with Gasteiger partial charge in [-0.05, 0) is 5.28 Å². The van der Waals surface area contributed by atoms with E-state index in [4.69, 9.17) is 0 Å². The molecule has 0 aromatic heterocycles. The smallest absolute Gasteiger partial charge is 0.0895 e. The molecule has 0 aromatic carbocycles. The highest BCUT2D eigenvalue weighted by molar-refractivity contribution is 4.72. The molecule has 0 atom stereocenters. The van der Waals surface area contributed by atoms with Gasteiger partial charge in [0.05, 0.1) is 32.8 Å². The number of hydrogen-bond acceptors (Lipinski definition) is 8. The fourth-order valence-electron chi connectivity index (χ4n) is 2.40. The van der Waals surface area contributed by atoms with Crippen molar-refractivity contribution < 1.29 is 4.97 Å². The van der Waals surface area contributed by atoms with Crippen LogP contribution in [0.2, 0.25) is 0 Å². The monoisotopic (exact) mass is 286 g/mol. The predicted octanol–water partition coefficient (Wildman–Crippen LogP) is -0.581. The van der Waals surface area contributed by atoms with Crippen molar-refractivity contribution in [2.75, 3.05) is 59.0 Å². The average molecular weight is 286 g/mol. The zero-order valence-electron chi connectivity index (χ0n) is 11.2. The summed E-state index contributed by atoms with van der Waals surface area (Å²) >= 11 is 0. The van der Waals surface area contributed by atoms with Crippen LogP contribution in [-0.2, 0) is 0 Å². The Labute approximate surface area is 116 Å². The van der Waals surface area contributed by atoms with E-state index in [1.165, 1.54) is 5.01 Å². The van der Waals surface area contributed by atoms with Crippen molar-refractivity contribution in [1.82, 2.24) is 19.8 Å². The summed E-state index contributed by atoms with van der Waals surface area (Å²) in [5.74, 6) is 0. The maximum absolute atomic E-state index is 11.0. The van der Waals surface area contributed by atoms with E-state index in [0.717, 1.165) is 32.8 Å². The fourth-order valence-corrected chi connectivity index (χ4v) is 2.40. The second kappa shape index (κ2) is 7.05. The minimum atomic E-state index is 0.115. The summed E-state index contributed by atoms with van der Waals surface area (Å²) in [6.07, 6.45) is 0. The van der Waals surface area contributed by atoms with Crippen LogP contribution in [0.15, 0.2) is 15.8 Å². The molecule has 0 N–H and O–H groups in total. The molecule has 20 heavy (non-hydrogen) atoms. The molecule has 0 aromatic rings. The van der Waals surface area contributed by atoms with E-state index in [-0.39, 0.29) is 4.97 Å². The SMILES string of the molecule is [O-]/N=N\N1CCN(CN2CCN(/[N+]([O-])=N/[O-])CC2)CC1. The van der Waals surface area contributed by atoms with E-state index < -0.39 is 0 Å². The number of nitrogens with zero attached hydrogens (tertiary/aromatic N) is 8. The number of rotatable bonds is 4. The molecule has 0 unspecified atom stereocenters. The summed E-state index contributed by atoms with van der Waals surface area (Å²) in [6.45, 7) is 6.27. The molecule has 0 radical (unpaired) electrons. The third-order valence-electron chi connectivity index (χ3n) is 3.57. The molecule has 2 heterocycles. The highest BCUT2D eigenvalue weighted by Gasteiger charge is 2.24. The van der Waals surface area contributed by atoms with Gasteiger partial charge < -0.3 is 15.6 Å². The van der Waals surface area contributed by atoms with Gasteiger partial charge in [0.1, 0.15) is 0 Å². The Bertz CT molecular complexity index is 349. The summed E-state index contributed by atoms with van der Waals surface area (Å²) in [7, 11) is 0. The lowest BCUT2D eigenvalue weighted by Gasteiger charge is -2.38. The topological polar surface area (TPSA) is 122 Å². The molecule has 2 rings (SSSR count). The van der Waals surface area contributed by atoms with E-state index in [0.29, 0.717) is 26.2 Å². The van der Waals surface area contributed by atoms with Gasteiger partial charge in [-0.2, -0.15) is 5.28 Å². The van der Waals surface area contributed by atoms with E-state index >= 15 is 0 Å². The molecule has 114 valence electrons. The maximum atomic E-state index is 11.0. The summed E-state index contributed by atoms with van der Waals surface area (Å²) in [5, 5.41) is 42.6. The summed E-state index contributed by atoms with van der Waals surface area (Å²) in [5.41, 5.74) is 0.